The lowest BCUT2D eigenvalue weighted by Gasteiger charge is -2.21. The van der Waals surface area contributed by atoms with Crippen molar-refractivity contribution in [3.8, 4) is 0 Å². The average molecular weight is 856 g/mol. The Morgan fingerprint density at radius 2 is 0.650 bits per heavy atom. The third kappa shape index (κ3) is 18.9. The third-order valence-electron chi connectivity index (χ3n) is 5.88. The Morgan fingerprint density at radius 3 is 0.850 bits per heavy atom. The maximum atomic E-state index is 13.5. The molecule has 27 heteroatoms. The Hall–Kier alpha value is -8.52. The average Bonchev–Trinajstić information content (AvgIpc) is 3.20. The summed E-state index contributed by atoms with van der Waals surface area (Å²) in [5, 5.41) is 26.3. The van der Waals surface area contributed by atoms with E-state index in [1.165, 1.54) is 0 Å². The number of carboxylic acids is 3. The van der Waals surface area contributed by atoms with Crippen LogP contribution in [-0.4, -0.2) is 141 Å². The van der Waals surface area contributed by atoms with Gasteiger partial charge >= 0.3 is 70.8 Å². The van der Waals surface area contributed by atoms with E-state index in [0.29, 0.717) is 54.7 Å². The Kier molecular flexibility index (Phi) is 21.1. The fraction of sp³-hybridized carbons (Fsp3) is 0.273. The van der Waals surface area contributed by atoms with E-state index >= 15 is 0 Å². The molecule has 0 radical (unpaired) electrons. The maximum Gasteiger partial charge on any atom is 0.403 e. The molecular formula is C33H33N3O24. The number of nitrogens with zero attached hydrogens (tertiary/aromatic N) is 3. The molecule has 324 valence electrons. The van der Waals surface area contributed by atoms with E-state index in [2.05, 4.69) is 19.7 Å². The quantitative estimate of drug-likeness (QED) is 0.0425. The summed E-state index contributed by atoms with van der Waals surface area (Å²) in [6, 6.07) is 0. The Labute approximate surface area is 333 Å². The molecule has 3 N–H and O–H groups in total. The Morgan fingerprint density at radius 1 is 0.417 bits per heavy atom. The summed E-state index contributed by atoms with van der Waals surface area (Å²) in [5.74, 6) is -12.1. The van der Waals surface area contributed by atoms with E-state index in [-0.39, 0.29) is 14.2 Å². The number of aliphatic carboxylic acids is 3. The second-order valence-corrected chi connectivity index (χ2v) is 10.3. The van der Waals surface area contributed by atoms with Crippen molar-refractivity contribution in [3.63, 3.8) is 0 Å². The molecule has 60 heavy (non-hydrogen) atoms. The largest absolute Gasteiger partial charge is 0.478 e. The fourth-order valence-corrected chi connectivity index (χ4v) is 3.38. The van der Waals surface area contributed by atoms with Crippen molar-refractivity contribution in [1.82, 2.24) is 14.2 Å². The molecule has 27 nitrogen and oxygen atoms in total. The first kappa shape index (κ1) is 49.5. The lowest BCUT2D eigenvalue weighted by Crippen LogP contribution is -2.61. The monoisotopic (exact) mass is 855 g/mol. The predicted octanol–water partition coefficient (Wildman–Crippen LogP) is -4.70. The van der Waals surface area contributed by atoms with Crippen LogP contribution in [0.15, 0.2) is 88.8 Å². The molecule has 1 aromatic rings. The Balaban J connectivity index is 3.81. The minimum absolute atomic E-state index is 0.284. The second kappa shape index (κ2) is 25.6. The van der Waals surface area contributed by atoms with Crippen LogP contribution in [0.4, 0.5) is 0 Å². The summed E-state index contributed by atoms with van der Waals surface area (Å²) in [7, 11) is 0. The number of carboxylic acid groups (broad SMARTS) is 3. The molecule has 3 atom stereocenters. The molecule has 1 rings (SSSR count). The highest BCUT2D eigenvalue weighted by Crippen LogP contribution is 2.00. The number of aromatic nitrogens is 3. The van der Waals surface area contributed by atoms with Gasteiger partial charge in [0.15, 0.2) is 38.1 Å². The highest BCUT2D eigenvalue weighted by atomic mass is 16.7. The van der Waals surface area contributed by atoms with E-state index in [9.17, 15) is 57.5 Å². The lowest BCUT2D eigenvalue weighted by atomic mass is 10.4. The molecule has 0 fully saturated rings. The van der Waals surface area contributed by atoms with Crippen molar-refractivity contribution in [2.45, 2.75) is 18.3 Å². The first-order chi connectivity index (χ1) is 28.3. The number of hydrogen-bond acceptors (Lipinski definition) is 21. The van der Waals surface area contributed by atoms with Gasteiger partial charge in [-0.15, -0.1) is 0 Å². The van der Waals surface area contributed by atoms with Crippen LogP contribution in [-0.2, 0) is 71.6 Å². The number of hydrogen-bond donors (Lipinski definition) is 3. The van der Waals surface area contributed by atoms with Gasteiger partial charge < -0.3 is 58.3 Å². The smallest absolute Gasteiger partial charge is 0.403 e. The molecule has 0 aliphatic heterocycles. The van der Waals surface area contributed by atoms with Crippen LogP contribution in [0.25, 0.3) is 0 Å². The summed E-state index contributed by atoms with van der Waals surface area (Å²) in [6.45, 7) is 3.47. The lowest BCUT2D eigenvalue weighted by molar-refractivity contribution is -0.159. The van der Waals surface area contributed by atoms with Crippen LogP contribution in [0, 0.1) is 0 Å². The molecule has 3 unspecified atom stereocenters. The van der Waals surface area contributed by atoms with Gasteiger partial charge in [-0.2, -0.15) is 0 Å². The minimum Gasteiger partial charge on any atom is -0.478 e. The van der Waals surface area contributed by atoms with E-state index in [0.717, 1.165) is 0 Å². The van der Waals surface area contributed by atoms with Gasteiger partial charge in [-0.3, -0.25) is 0 Å². The van der Waals surface area contributed by atoms with Crippen molar-refractivity contribution in [2.24, 2.45) is 0 Å². The zero-order valence-electron chi connectivity index (χ0n) is 30.5. The molecule has 1 aromatic heterocycles. The van der Waals surface area contributed by atoms with Crippen LogP contribution < -0.4 is 31.6 Å². The zero-order chi connectivity index (χ0) is 45.4. The Bertz CT molecular complexity index is 1840. The van der Waals surface area contributed by atoms with Gasteiger partial charge in [-0.25, -0.2) is 57.5 Å². The zero-order valence-corrected chi connectivity index (χ0v) is 30.5. The molecule has 0 saturated carbocycles. The first-order valence-corrected chi connectivity index (χ1v) is 15.9. The molecular weight excluding hydrogens is 822 g/mol. The molecule has 1 heterocycles. The number of esters is 6. The van der Waals surface area contributed by atoms with Crippen LogP contribution in [0.3, 0.4) is 0 Å². The van der Waals surface area contributed by atoms with Gasteiger partial charge in [0.2, 0.25) is 0 Å². The standard InChI is InChI=1S/C33H33N3O24/c1-4-25(43)52-13-19(58-28(46)10-7-22(37)38)16-55-34-31(49)35(56-17-20(14-53-26(44)5-2)59-29(47)11-8-23(39)40)33(51)36(32(34)50)57-18-21(15-54-27(45)6-3)60-30(48)12-9-24(41)42/h4-12,19-21H,1-3,13-18H2,(H,37,38)(H,39,40)(H,41,42). The van der Waals surface area contributed by atoms with Crippen LogP contribution >= 0.6 is 0 Å². The van der Waals surface area contributed by atoms with Gasteiger partial charge in [0.25, 0.3) is 0 Å². The predicted molar refractivity (Wildman–Crippen MR) is 187 cm³/mol. The number of carbonyl (C=O) groups is 9. The number of carbonyl (C=O) groups excluding carboxylic acids is 6. The highest BCUT2D eigenvalue weighted by Gasteiger charge is 2.26. The van der Waals surface area contributed by atoms with E-state index in [1.807, 2.05) is 0 Å². The van der Waals surface area contributed by atoms with Gasteiger partial charge in [-0.1, -0.05) is 33.9 Å². The summed E-state index contributed by atoms with van der Waals surface area (Å²) < 4.78 is 28.3. The normalized spacial score (nSPS) is 12.2. The van der Waals surface area contributed by atoms with Gasteiger partial charge in [0.05, 0.1) is 0 Å². The number of ether oxygens (including phenoxy) is 6. The van der Waals surface area contributed by atoms with Gasteiger partial charge in [0.1, 0.15) is 19.8 Å². The topological polar surface area (TPSA) is 363 Å². The summed E-state index contributed by atoms with van der Waals surface area (Å²) in [6.07, 6.45) is -0.856. The third-order valence-corrected chi connectivity index (χ3v) is 5.88. The number of rotatable bonds is 27. The van der Waals surface area contributed by atoms with Crippen molar-refractivity contribution in [3.05, 3.63) is 106 Å². The summed E-state index contributed by atoms with van der Waals surface area (Å²) >= 11 is 0. The van der Waals surface area contributed by atoms with Crippen LogP contribution in [0.1, 0.15) is 0 Å². The van der Waals surface area contributed by atoms with Crippen LogP contribution in [0.5, 0.6) is 0 Å². The molecule has 0 saturated heterocycles. The summed E-state index contributed by atoms with van der Waals surface area (Å²) in [5.41, 5.74) is -5.53. The SMILES string of the molecule is C=CC(=O)OCC(COn1c(=O)n(OCC(COC(=O)C=C)OC(=O)C=CC(=O)O)c(=O)n(OCC(COC(=O)C=C)OC(=O)C=CC(=O)O)c1=O)OC(=O)C=CC(=O)O. The summed E-state index contributed by atoms with van der Waals surface area (Å²) in [4.78, 5) is 160. The fourth-order valence-electron chi connectivity index (χ4n) is 3.38. The molecule has 0 bridgehead atoms. The van der Waals surface area contributed by atoms with E-state index < -0.39 is 129 Å². The maximum absolute atomic E-state index is 13.5. The van der Waals surface area contributed by atoms with E-state index in [4.69, 9.17) is 58.3 Å². The van der Waals surface area contributed by atoms with Gasteiger partial charge in [-0.05, 0) is 0 Å². The molecule has 0 aromatic carbocycles. The van der Waals surface area contributed by atoms with Crippen molar-refractivity contribution >= 4 is 53.7 Å². The highest BCUT2D eigenvalue weighted by molar-refractivity contribution is 5.92. The minimum atomic E-state index is -1.84. The first-order valence-electron chi connectivity index (χ1n) is 15.9. The van der Waals surface area contributed by atoms with Crippen molar-refractivity contribution in [1.29, 1.82) is 0 Å². The second-order valence-electron chi connectivity index (χ2n) is 10.3. The molecule has 0 spiro atoms. The van der Waals surface area contributed by atoms with Crippen molar-refractivity contribution < 1.29 is 101 Å². The van der Waals surface area contributed by atoms with Crippen molar-refractivity contribution in [2.75, 3.05) is 39.6 Å². The van der Waals surface area contributed by atoms with Crippen LogP contribution in [0.2, 0.25) is 0 Å². The molecule has 0 aliphatic carbocycles. The molecule has 0 aliphatic rings. The van der Waals surface area contributed by atoms with Gasteiger partial charge in [0, 0.05) is 54.7 Å². The molecule has 0 amide bonds. The van der Waals surface area contributed by atoms with E-state index in [1.54, 1.807) is 0 Å².